The number of hydrogen-bond acceptors (Lipinski definition) is 7. The molecule has 1 atom stereocenters. The van der Waals surface area contributed by atoms with Crippen LogP contribution in [0.5, 0.6) is 17.2 Å². The van der Waals surface area contributed by atoms with Crippen molar-refractivity contribution in [1.29, 1.82) is 0 Å². The monoisotopic (exact) mass is 481 g/mol. The second-order valence-corrected chi connectivity index (χ2v) is 10.4. The number of rotatable bonds is 7. The molecule has 1 saturated heterocycles. The van der Waals surface area contributed by atoms with Crippen LogP contribution in [-0.4, -0.2) is 51.0 Å². The van der Waals surface area contributed by atoms with Gasteiger partial charge in [-0.25, -0.2) is 0 Å². The fraction of sp³-hybridized carbons (Fsp3) is 0.571. The first-order chi connectivity index (χ1) is 17.1. The van der Waals surface area contributed by atoms with Gasteiger partial charge in [0.1, 0.15) is 5.75 Å². The molecule has 2 spiro atoms. The lowest BCUT2D eigenvalue weighted by atomic mass is 9.74. The Bertz CT molecular complexity index is 1040. The minimum atomic E-state index is -0.386. The van der Waals surface area contributed by atoms with E-state index in [-0.39, 0.29) is 11.3 Å². The van der Waals surface area contributed by atoms with Gasteiger partial charge in [-0.2, -0.15) is 0 Å². The van der Waals surface area contributed by atoms with E-state index in [1.54, 1.807) is 7.11 Å². The Morgan fingerprint density at radius 2 is 1.69 bits per heavy atom. The Labute approximate surface area is 207 Å². The maximum Gasteiger partial charge on any atom is 0.231 e. The average molecular weight is 482 g/mol. The van der Waals surface area contributed by atoms with Crippen LogP contribution >= 0.6 is 0 Å². The fourth-order valence-electron chi connectivity index (χ4n) is 6.26. The highest BCUT2D eigenvalue weighted by Gasteiger charge is 2.53. The lowest BCUT2D eigenvalue weighted by Gasteiger charge is -2.47. The van der Waals surface area contributed by atoms with Crippen molar-refractivity contribution in [3.05, 3.63) is 53.1 Å². The molecular weight excluding hydrogens is 446 g/mol. The molecule has 0 unspecified atom stereocenters. The summed E-state index contributed by atoms with van der Waals surface area (Å²) < 4.78 is 34.9. The van der Waals surface area contributed by atoms with E-state index < -0.39 is 0 Å². The zero-order valence-corrected chi connectivity index (χ0v) is 20.7. The van der Waals surface area contributed by atoms with E-state index in [0.717, 1.165) is 61.6 Å². The number of ether oxygens (including phenoxy) is 6. The fourth-order valence-corrected chi connectivity index (χ4v) is 6.26. The molecule has 1 aliphatic carbocycles. The normalized spacial score (nSPS) is 22.6. The van der Waals surface area contributed by atoms with Crippen molar-refractivity contribution in [1.82, 2.24) is 4.90 Å². The maximum atomic E-state index is 6.11. The number of nitrogens with zero attached hydrogens (tertiary/aromatic N) is 1. The maximum absolute atomic E-state index is 6.11. The summed E-state index contributed by atoms with van der Waals surface area (Å²) in [5, 5.41) is 0. The van der Waals surface area contributed by atoms with Gasteiger partial charge in [0.15, 0.2) is 17.3 Å². The molecule has 2 aromatic carbocycles. The third-order valence-electron chi connectivity index (χ3n) is 8.08. The van der Waals surface area contributed by atoms with Crippen LogP contribution in [0.3, 0.4) is 0 Å². The van der Waals surface area contributed by atoms with Gasteiger partial charge in [-0.15, -0.1) is 0 Å². The van der Waals surface area contributed by atoms with Crippen molar-refractivity contribution in [3.8, 4) is 17.2 Å². The molecule has 0 N–H and O–H groups in total. The first-order valence-electron chi connectivity index (χ1n) is 12.8. The summed E-state index contributed by atoms with van der Waals surface area (Å²) in [5.41, 5.74) is 3.87. The summed E-state index contributed by atoms with van der Waals surface area (Å²) >= 11 is 0. The molecule has 0 radical (unpaired) electrons. The van der Waals surface area contributed by atoms with Crippen LogP contribution in [-0.2, 0) is 32.9 Å². The van der Waals surface area contributed by atoms with Crippen molar-refractivity contribution in [2.24, 2.45) is 5.92 Å². The molecule has 0 bridgehead atoms. The predicted octanol–water partition coefficient (Wildman–Crippen LogP) is 4.60. The molecule has 2 aromatic rings. The van der Waals surface area contributed by atoms with E-state index in [1.165, 1.54) is 11.1 Å². The highest BCUT2D eigenvalue weighted by Crippen LogP contribution is 2.54. The summed E-state index contributed by atoms with van der Waals surface area (Å²) in [6.07, 6.45) is 3.86. The lowest BCUT2D eigenvalue weighted by molar-refractivity contribution is -0.195. The van der Waals surface area contributed by atoms with E-state index in [0.29, 0.717) is 39.1 Å². The van der Waals surface area contributed by atoms with Crippen molar-refractivity contribution < 1.29 is 28.4 Å². The van der Waals surface area contributed by atoms with Crippen molar-refractivity contribution >= 4 is 0 Å². The molecule has 7 nitrogen and oxygen atoms in total. The quantitative estimate of drug-likeness (QED) is 0.573. The summed E-state index contributed by atoms with van der Waals surface area (Å²) in [7, 11) is 1.68. The summed E-state index contributed by atoms with van der Waals surface area (Å²) in [6, 6.07) is 12.5. The standard InChI is InChI=1S/C28H35NO6/c1-20(17-31-18-21-3-5-23(30-2)6-4-21)15-29-16-22-13-25-26(33-19-32-25)14-24(22)27(29)7-9-28(10-8-27)34-11-12-35-28/h3-6,13-14,20H,7-12,15-19H2,1-2H3/t20-/m1/s1. The van der Waals surface area contributed by atoms with Gasteiger partial charge in [-0.1, -0.05) is 19.1 Å². The SMILES string of the molecule is COc1ccc(COC[C@H](C)CN2Cc3cc4c(cc3C23CCC2(CC3)OCCO2)OCO4)cc1. The van der Waals surface area contributed by atoms with Gasteiger partial charge in [-0.3, -0.25) is 4.90 Å². The van der Waals surface area contributed by atoms with Gasteiger partial charge >= 0.3 is 0 Å². The minimum Gasteiger partial charge on any atom is -0.497 e. The molecule has 35 heavy (non-hydrogen) atoms. The summed E-state index contributed by atoms with van der Waals surface area (Å²) in [4.78, 5) is 2.66. The highest BCUT2D eigenvalue weighted by molar-refractivity contribution is 5.53. The predicted molar refractivity (Wildman–Crippen MR) is 130 cm³/mol. The van der Waals surface area contributed by atoms with Crippen LogP contribution in [0.2, 0.25) is 0 Å². The van der Waals surface area contributed by atoms with Gasteiger partial charge < -0.3 is 28.4 Å². The number of methoxy groups -OCH3 is 1. The summed E-state index contributed by atoms with van der Waals surface area (Å²) in [6.45, 7) is 7.21. The number of benzene rings is 2. The van der Waals surface area contributed by atoms with Gasteiger partial charge in [0.2, 0.25) is 6.79 Å². The molecular formula is C28H35NO6. The topological polar surface area (TPSA) is 58.6 Å². The number of hydrogen-bond donors (Lipinski definition) is 0. The van der Waals surface area contributed by atoms with E-state index in [4.69, 9.17) is 28.4 Å². The second kappa shape index (κ2) is 9.28. The molecule has 2 fully saturated rings. The molecule has 1 saturated carbocycles. The van der Waals surface area contributed by atoms with Crippen molar-refractivity contribution in [3.63, 3.8) is 0 Å². The lowest BCUT2D eigenvalue weighted by Crippen LogP contribution is -2.50. The zero-order valence-electron chi connectivity index (χ0n) is 20.7. The number of fused-ring (bicyclic) bond motifs is 3. The van der Waals surface area contributed by atoms with Crippen LogP contribution in [0.25, 0.3) is 0 Å². The third kappa shape index (κ3) is 4.29. The zero-order chi connectivity index (χ0) is 23.9. The van der Waals surface area contributed by atoms with E-state index in [9.17, 15) is 0 Å². The Balaban J connectivity index is 1.15. The molecule has 3 heterocycles. The Hall–Kier alpha value is -2.32. The molecule has 6 rings (SSSR count). The highest BCUT2D eigenvalue weighted by atomic mass is 16.7. The first-order valence-corrected chi connectivity index (χ1v) is 12.8. The molecule has 3 aliphatic heterocycles. The first kappa shape index (κ1) is 23.1. The van der Waals surface area contributed by atoms with E-state index in [1.807, 2.05) is 12.1 Å². The van der Waals surface area contributed by atoms with E-state index in [2.05, 4.69) is 36.1 Å². The van der Waals surface area contributed by atoms with Crippen LogP contribution in [0.15, 0.2) is 36.4 Å². The summed E-state index contributed by atoms with van der Waals surface area (Å²) in [5.74, 6) is 2.61. The van der Waals surface area contributed by atoms with Gasteiger partial charge in [0, 0.05) is 31.5 Å². The smallest absolute Gasteiger partial charge is 0.231 e. The Morgan fingerprint density at radius 3 is 2.40 bits per heavy atom. The Kier molecular flexibility index (Phi) is 6.13. The molecule has 188 valence electrons. The molecule has 4 aliphatic rings. The largest absolute Gasteiger partial charge is 0.497 e. The molecule has 0 aromatic heterocycles. The third-order valence-corrected chi connectivity index (χ3v) is 8.08. The van der Waals surface area contributed by atoms with Crippen molar-refractivity contribution in [2.75, 3.05) is 40.3 Å². The average Bonchev–Trinajstić information content (AvgIpc) is 3.59. The molecule has 0 amide bonds. The molecule has 7 heteroatoms. The van der Waals surface area contributed by atoms with Crippen LogP contribution < -0.4 is 14.2 Å². The van der Waals surface area contributed by atoms with Gasteiger partial charge in [-0.05, 0) is 59.7 Å². The second-order valence-electron chi connectivity index (χ2n) is 10.4. The van der Waals surface area contributed by atoms with Crippen molar-refractivity contribution in [2.45, 2.75) is 57.1 Å². The van der Waals surface area contributed by atoms with E-state index >= 15 is 0 Å². The van der Waals surface area contributed by atoms with Crippen LogP contribution in [0.1, 0.15) is 49.3 Å². The van der Waals surface area contributed by atoms with Crippen LogP contribution in [0, 0.1) is 5.92 Å². The van der Waals surface area contributed by atoms with Gasteiger partial charge in [0.25, 0.3) is 0 Å². The Morgan fingerprint density at radius 1 is 0.971 bits per heavy atom. The minimum absolute atomic E-state index is 0.0267. The van der Waals surface area contributed by atoms with Gasteiger partial charge in [0.05, 0.1) is 33.5 Å². The van der Waals surface area contributed by atoms with Crippen LogP contribution in [0.4, 0.5) is 0 Å².